The average molecular weight is 322 g/mol. The molecule has 2 rings (SSSR count). The summed E-state index contributed by atoms with van der Waals surface area (Å²) in [5.74, 6) is 0. The highest BCUT2D eigenvalue weighted by Crippen LogP contribution is 2.26. The second kappa shape index (κ2) is 7.87. The lowest BCUT2D eigenvalue weighted by atomic mass is 10.0. The first kappa shape index (κ1) is 16.4. The van der Waals surface area contributed by atoms with Gasteiger partial charge in [0.2, 0.25) is 0 Å². The van der Waals surface area contributed by atoms with E-state index in [4.69, 9.17) is 0 Å². The molecule has 1 aromatic heterocycles. The Morgan fingerprint density at radius 2 is 1.95 bits per heavy atom. The maximum Gasteiger partial charge on any atom is 0.0914 e. The van der Waals surface area contributed by atoms with Crippen molar-refractivity contribution >= 4 is 22.1 Å². The highest BCUT2D eigenvalue weighted by atomic mass is 32.2. The van der Waals surface area contributed by atoms with E-state index >= 15 is 0 Å². The molecule has 3 atom stereocenters. The molecule has 0 spiro atoms. The second-order valence-electron chi connectivity index (χ2n) is 5.28. The molecule has 0 radical (unpaired) electrons. The smallest absolute Gasteiger partial charge is 0.0914 e. The Kier molecular flexibility index (Phi) is 6.15. The van der Waals surface area contributed by atoms with Crippen molar-refractivity contribution in [2.24, 2.45) is 0 Å². The summed E-state index contributed by atoms with van der Waals surface area (Å²) < 4.78 is 13.7. The fourth-order valence-corrected chi connectivity index (χ4v) is 4.84. The van der Waals surface area contributed by atoms with Crippen LogP contribution in [0.4, 0.5) is 0 Å². The summed E-state index contributed by atoms with van der Waals surface area (Å²) in [5.41, 5.74) is 2.46. The Morgan fingerprint density at radius 1 is 1.24 bits per heavy atom. The fourth-order valence-electron chi connectivity index (χ4n) is 2.31. The molecule has 2 nitrogen and oxygen atoms in total. The normalized spacial score (nSPS) is 15.6. The largest absolute Gasteiger partial charge is 0.309 e. The van der Waals surface area contributed by atoms with E-state index in [2.05, 4.69) is 50.4 Å². The van der Waals surface area contributed by atoms with Crippen LogP contribution in [-0.4, -0.2) is 16.0 Å². The second-order valence-corrected chi connectivity index (χ2v) is 8.26. The van der Waals surface area contributed by atoms with Crippen LogP contribution in [0.5, 0.6) is 0 Å². The van der Waals surface area contributed by atoms with Crippen LogP contribution in [0.2, 0.25) is 0 Å². The zero-order chi connectivity index (χ0) is 15.2. The van der Waals surface area contributed by atoms with Crippen LogP contribution < -0.4 is 5.32 Å². The van der Waals surface area contributed by atoms with Gasteiger partial charge in [-0.15, -0.1) is 11.3 Å². The quantitative estimate of drug-likeness (QED) is 0.824. The van der Waals surface area contributed by atoms with E-state index in [0.717, 1.165) is 17.2 Å². The van der Waals surface area contributed by atoms with Gasteiger partial charge in [-0.25, -0.2) is 0 Å². The predicted molar refractivity (Wildman–Crippen MR) is 92.4 cm³/mol. The molecule has 1 heterocycles. The van der Waals surface area contributed by atoms with E-state index in [-0.39, 0.29) is 11.3 Å². The van der Waals surface area contributed by atoms with Crippen molar-refractivity contribution in [2.75, 3.05) is 6.54 Å². The van der Waals surface area contributed by atoms with Crippen LogP contribution >= 0.6 is 11.3 Å². The number of rotatable bonds is 7. The van der Waals surface area contributed by atoms with Crippen molar-refractivity contribution in [3.8, 4) is 0 Å². The number of hydrogen-bond acceptors (Lipinski definition) is 3. The molecule has 0 aliphatic rings. The summed E-state index contributed by atoms with van der Waals surface area (Å²) in [6.45, 7) is 7.25. The van der Waals surface area contributed by atoms with E-state index in [0.29, 0.717) is 0 Å². The molecule has 114 valence electrons. The van der Waals surface area contributed by atoms with E-state index in [9.17, 15) is 4.21 Å². The number of nitrogens with one attached hydrogen (secondary N) is 1. The minimum atomic E-state index is -0.980. The summed E-state index contributed by atoms with van der Waals surface area (Å²) in [7, 11) is -0.980. The monoisotopic (exact) mass is 321 g/mol. The third-order valence-electron chi connectivity index (χ3n) is 3.55. The van der Waals surface area contributed by atoms with Gasteiger partial charge in [0.25, 0.3) is 0 Å². The molecule has 21 heavy (non-hydrogen) atoms. The molecule has 0 bridgehead atoms. The zero-order valence-electron chi connectivity index (χ0n) is 12.8. The highest BCUT2D eigenvalue weighted by Gasteiger charge is 2.25. The first-order valence-corrected chi connectivity index (χ1v) is 9.46. The van der Waals surface area contributed by atoms with Gasteiger partial charge in [0, 0.05) is 6.04 Å². The lowest BCUT2D eigenvalue weighted by Gasteiger charge is -2.25. The van der Waals surface area contributed by atoms with Gasteiger partial charge in [-0.3, -0.25) is 4.21 Å². The van der Waals surface area contributed by atoms with Crippen molar-refractivity contribution in [1.82, 2.24) is 5.32 Å². The standard InChI is InChI=1S/C17H23NOS2/c1-4-11-18-17(15-9-7-13(2)8-10-15)14(3)21(19)16-6-5-12-20-16/h5-10,12,14,17-18H,4,11H2,1-3H3. The van der Waals surface area contributed by atoms with Crippen molar-refractivity contribution < 1.29 is 4.21 Å². The van der Waals surface area contributed by atoms with E-state index in [1.54, 1.807) is 11.3 Å². The van der Waals surface area contributed by atoms with Crippen LogP contribution in [0, 0.1) is 6.92 Å². The van der Waals surface area contributed by atoms with Gasteiger partial charge in [-0.2, -0.15) is 0 Å². The van der Waals surface area contributed by atoms with E-state index < -0.39 is 10.8 Å². The average Bonchev–Trinajstić information content (AvgIpc) is 3.02. The Labute approximate surface area is 134 Å². The van der Waals surface area contributed by atoms with Gasteiger partial charge in [0.05, 0.1) is 20.3 Å². The van der Waals surface area contributed by atoms with Crippen LogP contribution in [0.25, 0.3) is 0 Å². The van der Waals surface area contributed by atoms with Gasteiger partial charge in [0.1, 0.15) is 0 Å². The summed E-state index contributed by atoms with van der Waals surface area (Å²) in [6.07, 6.45) is 1.07. The van der Waals surface area contributed by atoms with Crippen molar-refractivity contribution in [1.29, 1.82) is 0 Å². The van der Waals surface area contributed by atoms with Gasteiger partial charge in [-0.1, -0.05) is 42.8 Å². The van der Waals surface area contributed by atoms with Crippen LogP contribution in [0.1, 0.15) is 37.4 Å². The van der Waals surface area contributed by atoms with Crippen molar-refractivity contribution in [3.63, 3.8) is 0 Å². The number of benzene rings is 1. The first-order chi connectivity index (χ1) is 10.1. The van der Waals surface area contributed by atoms with Gasteiger partial charge >= 0.3 is 0 Å². The molecule has 0 aliphatic heterocycles. The highest BCUT2D eigenvalue weighted by molar-refractivity contribution is 7.87. The third kappa shape index (κ3) is 4.25. The van der Waals surface area contributed by atoms with Crippen molar-refractivity contribution in [2.45, 2.75) is 42.7 Å². The molecule has 2 aromatic rings. The molecule has 3 unspecified atom stereocenters. The van der Waals surface area contributed by atoms with Crippen LogP contribution in [-0.2, 0) is 10.8 Å². The summed E-state index contributed by atoms with van der Waals surface area (Å²) in [4.78, 5) is 0. The maximum absolute atomic E-state index is 12.7. The van der Waals surface area contributed by atoms with Crippen LogP contribution in [0.15, 0.2) is 46.0 Å². The molecule has 0 saturated heterocycles. The summed E-state index contributed by atoms with van der Waals surface area (Å²) in [5, 5.41) is 5.59. The Balaban J connectivity index is 2.22. The fraction of sp³-hybridized carbons (Fsp3) is 0.412. The Hall–Kier alpha value is -0.970. The molecule has 1 aromatic carbocycles. The number of aryl methyl sites for hydroxylation is 1. The molecule has 4 heteroatoms. The minimum Gasteiger partial charge on any atom is -0.309 e. The summed E-state index contributed by atoms with van der Waals surface area (Å²) >= 11 is 1.57. The Bertz CT molecular complexity index is 563. The topological polar surface area (TPSA) is 29.1 Å². The lowest BCUT2D eigenvalue weighted by molar-refractivity contribution is 0.518. The third-order valence-corrected chi connectivity index (χ3v) is 6.47. The first-order valence-electron chi connectivity index (χ1n) is 7.37. The summed E-state index contributed by atoms with van der Waals surface area (Å²) in [6, 6.07) is 12.6. The lowest BCUT2D eigenvalue weighted by Crippen LogP contribution is -2.33. The molecule has 0 fully saturated rings. The number of thiophene rings is 1. The molecule has 0 amide bonds. The van der Waals surface area contributed by atoms with Gasteiger partial charge in [0.15, 0.2) is 0 Å². The van der Waals surface area contributed by atoms with Crippen LogP contribution in [0.3, 0.4) is 0 Å². The van der Waals surface area contributed by atoms with Gasteiger partial charge < -0.3 is 5.32 Å². The molecular weight excluding hydrogens is 298 g/mol. The van der Waals surface area contributed by atoms with E-state index in [1.807, 2.05) is 17.5 Å². The minimum absolute atomic E-state index is 0.0397. The Morgan fingerprint density at radius 3 is 2.52 bits per heavy atom. The molecule has 1 N–H and O–H groups in total. The van der Waals surface area contributed by atoms with Crippen molar-refractivity contribution in [3.05, 3.63) is 52.9 Å². The molecule has 0 aliphatic carbocycles. The predicted octanol–water partition coefficient (Wildman–Crippen LogP) is 4.29. The van der Waals surface area contributed by atoms with E-state index in [1.165, 1.54) is 11.1 Å². The molecular formula is C17H23NOS2. The van der Waals surface area contributed by atoms with Gasteiger partial charge in [-0.05, 0) is 43.8 Å². The number of hydrogen-bond donors (Lipinski definition) is 1. The zero-order valence-corrected chi connectivity index (χ0v) is 14.5. The molecule has 0 saturated carbocycles. The maximum atomic E-state index is 12.7. The SMILES string of the molecule is CCCNC(c1ccc(C)cc1)C(C)S(=O)c1cccs1.